The molecule has 0 bridgehead atoms. The van der Waals surface area contributed by atoms with Gasteiger partial charge in [0, 0.05) is 13.0 Å². The fraction of sp³-hybridized carbons (Fsp3) is 0.727. The van der Waals surface area contributed by atoms with Crippen molar-refractivity contribution in [2.45, 2.75) is 25.8 Å². The Bertz CT molecular complexity index is 345. The maximum Gasteiger partial charge on any atom is 0.326 e. The molecule has 3 atom stereocenters. The van der Waals surface area contributed by atoms with Gasteiger partial charge in [-0.15, -0.1) is 0 Å². The van der Waals surface area contributed by atoms with Crippen LogP contribution in [0.3, 0.4) is 0 Å². The highest BCUT2D eigenvalue weighted by Crippen LogP contribution is 2.16. The smallest absolute Gasteiger partial charge is 0.326 e. The van der Waals surface area contributed by atoms with Crippen molar-refractivity contribution >= 4 is 17.8 Å². The molecule has 0 spiro atoms. The van der Waals surface area contributed by atoms with Gasteiger partial charge in [0.1, 0.15) is 6.04 Å². The van der Waals surface area contributed by atoms with E-state index in [1.807, 2.05) is 6.92 Å². The maximum absolute atomic E-state index is 11.9. The summed E-state index contributed by atoms with van der Waals surface area (Å²) in [7, 11) is 0. The minimum atomic E-state index is -1.15. The van der Waals surface area contributed by atoms with Crippen LogP contribution in [0.25, 0.3) is 0 Å². The average molecular weight is 257 g/mol. The molecule has 5 N–H and O–H groups in total. The molecule has 0 aromatic heterocycles. The van der Waals surface area contributed by atoms with Gasteiger partial charge in [-0.05, 0) is 18.9 Å². The molecule has 1 aliphatic heterocycles. The molecule has 0 saturated carbocycles. The van der Waals surface area contributed by atoms with Gasteiger partial charge >= 0.3 is 5.97 Å². The predicted octanol–water partition coefficient (Wildman–Crippen LogP) is -1.32. The van der Waals surface area contributed by atoms with Crippen LogP contribution in [-0.2, 0) is 14.4 Å². The summed E-state index contributed by atoms with van der Waals surface area (Å²) in [4.78, 5) is 33.5. The van der Waals surface area contributed by atoms with Crippen molar-refractivity contribution in [1.82, 2.24) is 10.6 Å². The molecule has 0 aromatic rings. The summed E-state index contributed by atoms with van der Waals surface area (Å²) in [5.41, 5.74) is 4.96. The average Bonchev–Trinajstić information content (AvgIpc) is 2.69. The third-order valence-electron chi connectivity index (χ3n) is 3.15. The Balaban J connectivity index is 2.52. The first-order chi connectivity index (χ1) is 8.41. The molecule has 1 heterocycles. The Labute approximate surface area is 105 Å². The summed E-state index contributed by atoms with van der Waals surface area (Å²) in [6, 6.07) is -1.06. The van der Waals surface area contributed by atoms with E-state index >= 15 is 0 Å². The lowest BCUT2D eigenvalue weighted by Gasteiger charge is -2.18. The van der Waals surface area contributed by atoms with Crippen molar-refractivity contribution in [2.75, 3.05) is 13.1 Å². The zero-order valence-corrected chi connectivity index (χ0v) is 10.3. The molecule has 7 nitrogen and oxygen atoms in total. The molecular weight excluding hydrogens is 238 g/mol. The first-order valence-corrected chi connectivity index (χ1v) is 5.94. The summed E-state index contributed by atoms with van der Waals surface area (Å²) in [5, 5.41) is 14.5. The maximum atomic E-state index is 11.9. The van der Waals surface area contributed by atoms with E-state index in [4.69, 9.17) is 10.8 Å². The Morgan fingerprint density at radius 2 is 2.11 bits per heavy atom. The predicted molar refractivity (Wildman–Crippen MR) is 63.5 cm³/mol. The molecule has 0 aliphatic carbocycles. The second-order valence-corrected chi connectivity index (χ2v) is 4.65. The zero-order chi connectivity index (χ0) is 13.7. The highest BCUT2D eigenvalue weighted by atomic mass is 16.4. The number of nitrogens with one attached hydrogen (secondary N) is 2. The van der Waals surface area contributed by atoms with Gasteiger partial charge in [-0.1, -0.05) is 6.92 Å². The lowest BCUT2D eigenvalue weighted by atomic mass is 9.96. The number of carboxylic acid groups (broad SMARTS) is 1. The van der Waals surface area contributed by atoms with Crippen molar-refractivity contribution in [2.24, 2.45) is 17.6 Å². The van der Waals surface area contributed by atoms with E-state index in [-0.39, 0.29) is 30.6 Å². The standard InChI is InChI=1S/C11H19N3O4/c1-6-4-13-5-7(6)10(16)14-8(11(17)18)2-3-9(12)15/h6-8,13H,2-5H2,1H3,(H2,12,15)(H,14,16)(H,17,18)/t6-,7-,8-/m1/s1. The van der Waals surface area contributed by atoms with E-state index in [1.165, 1.54) is 0 Å². The number of amides is 2. The summed E-state index contributed by atoms with van der Waals surface area (Å²) in [5.74, 6) is -2.06. The van der Waals surface area contributed by atoms with Gasteiger partial charge < -0.3 is 21.5 Å². The van der Waals surface area contributed by atoms with Gasteiger partial charge in [0.05, 0.1) is 5.92 Å². The van der Waals surface area contributed by atoms with Gasteiger partial charge in [-0.2, -0.15) is 0 Å². The molecule has 18 heavy (non-hydrogen) atoms. The quantitative estimate of drug-likeness (QED) is 0.470. The molecule has 0 radical (unpaired) electrons. The second kappa shape index (κ2) is 6.34. The first-order valence-electron chi connectivity index (χ1n) is 5.94. The van der Waals surface area contributed by atoms with Crippen molar-refractivity contribution < 1.29 is 19.5 Å². The van der Waals surface area contributed by atoms with Crippen molar-refractivity contribution in [1.29, 1.82) is 0 Å². The fourth-order valence-corrected chi connectivity index (χ4v) is 1.98. The van der Waals surface area contributed by atoms with Gasteiger partial charge in [0.2, 0.25) is 11.8 Å². The van der Waals surface area contributed by atoms with Crippen molar-refractivity contribution in [3.63, 3.8) is 0 Å². The normalized spacial score (nSPS) is 24.5. The van der Waals surface area contributed by atoms with Crippen LogP contribution in [0.2, 0.25) is 0 Å². The van der Waals surface area contributed by atoms with Crippen LogP contribution in [-0.4, -0.2) is 42.0 Å². The monoisotopic (exact) mass is 257 g/mol. The van der Waals surface area contributed by atoms with Crippen LogP contribution in [0.1, 0.15) is 19.8 Å². The second-order valence-electron chi connectivity index (χ2n) is 4.65. The summed E-state index contributed by atoms with van der Waals surface area (Å²) >= 11 is 0. The van der Waals surface area contributed by atoms with Gasteiger partial charge in [0.15, 0.2) is 0 Å². The van der Waals surface area contributed by atoms with E-state index in [0.29, 0.717) is 6.54 Å². The minimum Gasteiger partial charge on any atom is -0.480 e. The number of primary amides is 1. The Morgan fingerprint density at radius 1 is 1.44 bits per heavy atom. The number of nitrogens with two attached hydrogens (primary N) is 1. The third kappa shape index (κ3) is 3.99. The minimum absolute atomic E-state index is 0.0188. The van der Waals surface area contributed by atoms with Crippen LogP contribution in [0.15, 0.2) is 0 Å². The van der Waals surface area contributed by atoms with Crippen molar-refractivity contribution in [3.05, 3.63) is 0 Å². The molecule has 102 valence electrons. The summed E-state index contributed by atoms with van der Waals surface area (Å²) in [6.45, 7) is 3.23. The SMILES string of the molecule is C[C@@H]1CNC[C@H]1C(=O)N[C@H](CCC(N)=O)C(=O)O. The number of hydrogen-bond donors (Lipinski definition) is 4. The lowest BCUT2D eigenvalue weighted by molar-refractivity contribution is -0.142. The van der Waals surface area contributed by atoms with E-state index in [2.05, 4.69) is 10.6 Å². The van der Waals surface area contributed by atoms with Crippen LogP contribution >= 0.6 is 0 Å². The lowest BCUT2D eigenvalue weighted by Crippen LogP contribution is -2.45. The first kappa shape index (κ1) is 14.4. The Kier molecular flexibility index (Phi) is 5.08. The number of carbonyl (C=O) groups excluding carboxylic acids is 2. The highest BCUT2D eigenvalue weighted by molar-refractivity contribution is 5.86. The third-order valence-corrected chi connectivity index (χ3v) is 3.15. The molecule has 1 aliphatic rings. The Morgan fingerprint density at radius 3 is 2.56 bits per heavy atom. The number of carbonyl (C=O) groups is 3. The summed E-state index contributed by atoms with van der Waals surface area (Å²) in [6.07, 6.45) is -0.0410. The van der Waals surface area contributed by atoms with Crippen LogP contribution in [0.5, 0.6) is 0 Å². The Hall–Kier alpha value is -1.63. The molecule has 1 fully saturated rings. The topological polar surface area (TPSA) is 122 Å². The number of hydrogen-bond acceptors (Lipinski definition) is 4. The molecular formula is C11H19N3O4. The van der Waals surface area contributed by atoms with Crippen molar-refractivity contribution in [3.8, 4) is 0 Å². The van der Waals surface area contributed by atoms with Crippen LogP contribution in [0.4, 0.5) is 0 Å². The van der Waals surface area contributed by atoms with Gasteiger partial charge in [-0.3, -0.25) is 9.59 Å². The van der Waals surface area contributed by atoms with E-state index in [0.717, 1.165) is 6.54 Å². The zero-order valence-electron chi connectivity index (χ0n) is 10.3. The summed E-state index contributed by atoms with van der Waals surface area (Å²) < 4.78 is 0. The molecule has 1 rings (SSSR count). The molecule has 1 saturated heterocycles. The van der Waals surface area contributed by atoms with E-state index in [1.54, 1.807) is 0 Å². The van der Waals surface area contributed by atoms with Gasteiger partial charge in [-0.25, -0.2) is 4.79 Å². The highest BCUT2D eigenvalue weighted by Gasteiger charge is 2.32. The molecule has 2 amide bonds. The molecule has 0 aromatic carbocycles. The molecule has 0 unspecified atom stereocenters. The fourth-order valence-electron chi connectivity index (χ4n) is 1.98. The van der Waals surface area contributed by atoms with E-state index < -0.39 is 17.9 Å². The number of carboxylic acids is 1. The molecule has 7 heteroatoms. The largest absolute Gasteiger partial charge is 0.480 e. The van der Waals surface area contributed by atoms with Crippen LogP contribution in [0, 0.1) is 11.8 Å². The number of rotatable bonds is 6. The van der Waals surface area contributed by atoms with Gasteiger partial charge in [0.25, 0.3) is 0 Å². The van der Waals surface area contributed by atoms with Crippen LogP contribution < -0.4 is 16.4 Å². The van der Waals surface area contributed by atoms with E-state index in [9.17, 15) is 14.4 Å². The number of aliphatic carboxylic acids is 1.